The summed E-state index contributed by atoms with van der Waals surface area (Å²) in [5.74, 6) is 0.717. The molecule has 3 rings (SSSR count). The average molecular weight is 191 g/mol. The third-order valence-electron chi connectivity index (χ3n) is 2.10. The van der Waals surface area contributed by atoms with E-state index < -0.39 is 0 Å². The number of aromatic nitrogens is 2. The molecule has 0 unspecified atom stereocenters. The molecule has 65 valence electrons. The Morgan fingerprint density at radius 3 is 3.08 bits per heavy atom. The summed E-state index contributed by atoms with van der Waals surface area (Å²) in [6, 6.07) is 0. The van der Waals surface area contributed by atoms with E-state index >= 15 is 0 Å². The summed E-state index contributed by atoms with van der Waals surface area (Å²) in [6.45, 7) is 0. The average Bonchev–Trinajstić information content (AvgIpc) is 2.72. The lowest BCUT2D eigenvalue weighted by molar-refractivity contribution is 0.548. The van der Waals surface area contributed by atoms with E-state index in [-0.39, 0.29) is 0 Å². The SMILES string of the molecule is [c]1nc(-c2csc(C3CC3)n2)co1. The number of hydrogen-bond acceptors (Lipinski definition) is 4. The van der Waals surface area contributed by atoms with Crippen LogP contribution in [0.25, 0.3) is 11.4 Å². The van der Waals surface area contributed by atoms with Crippen molar-refractivity contribution in [1.82, 2.24) is 9.97 Å². The first-order chi connectivity index (χ1) is 6.43. The van der Waals surface area contributed by atoms with E-state index in [4.69, 9.17) is 4.42 Å². The number of rotatable bonds is 2. The first kappa shape index (κ1) is 7.26. The van der Waals surface area contributed by atoms with Crippen LogP contribution < -0.4 is 0 Å². The number of oxazole rings is 1. The maximum Gasteiger partial charge on any atom is 0.284 e. The molecule has 0 atom stereocenters. The maximum absolute atomic E-state index is 4.78. The molecule has 4 heteroatoms. The first-order valence-corrected chi connectivity index (χ1v) is 5.09. The van der Waals surface area contributed by atoms with E-state index in [9.17, 15) is 0 Å². The van der Waals surface area contributed by atoms with E-state index in [1.165, 1.54) is 17.8 Å². The van der Waals surface area contributed by atoms with Gasteiger partial charge >= 0.3 is 0 Å². The topological polar surface area (TPSA) is 38.9 Å². The second kappa shape index (κ2) is 2.67. The van der Waals surface area contributed by atoms with Gasteiger partial charge in [-0.1, -0.05) is 0 Å². The molecule has 0 aromatic carbocycles. The fraction of sp³-hybridized carbons (Fsp3) is 0.333. The van der Waals surface area contributed by atoms with Crippen LogP contribution in [0.4, 0.5) is 0 Å². The Hall–Kier alpha value is -1.16. The Bertz CT molecular complexity index is 403. The molecule has 2 aromatic heterocycles. The Kier molecular flexibility index (Phi) is 1.49. The summed E-state index contributed by atoms with van der Waals surface area (Å²) in [7, 11) is 0. The first-order valence-electron chi connectivity index (χ1n) is 4.21. The van der Waals surface area contributed by atoms with Crippen molar-refractivity contribution >= 4 is 11.3 Å². The molecule has 1 saturated carbocycles. The van der Waals surface area contributed by atoms with Gasteiger partial charge in [-0.15, -0.1) is 11.3 Å². The molecule has 0 spiro atoms. The Balaban J connectivity index is 1.97. The van der Waals surface area contributed by atoms with E-state index in [0.717, 1.165) is 17.3 Å². The third kappa shape index (κ3) is 1.27. The molecule has 0 amide bonds. The minimum absolute atomic E-state index is 0.717. The predicted octanol–water partition coefficient (Wildman–Crippen LogP) is 2.48. The van der Waals surface area contributed by atoms with Crippen LogP contribution >= 0.6 is 11.3 Å². The van der Waals surface area contributed by atoms with Gasteiger partial charge in [0.15, 0.2) is 0 Å². The van der Waals surface area contributed by atoms with E-state index in [2.05, 4.69) is 16.4 Å². The molecule has 0 aliphatic heterocycles. The van der Waals surface area contributed by atoms with Crippen molar-refractivity contribution in [3.8, 4) is 11.4 Å². The molecular weight excluding hydrogens is 184 g/mol. The van der Waals surface area contributed by atoms with Gasteiger partial charge in [0.05, 0.1) is 5.01 Å². The molecule has 1 fully saturated rings. The standard InChI is InChI=1S/C9H7N2OS/c1-2-6(1)9-11-8(4-13-9)7-3-12-5-10-7/h3-4,6H,1-2H2. The van der Waals surface area contributed by atoms with Gasteiger partial charge in [0.25, 0.3) is 6.39 Å². The lowest BCUT2D eigenvalue weighted by Gasteiger charge is -1.86. The summed E-state index contributed by atoms with van der Waals surface area (Å²) in [4.78, 5) is 8.42. The van der Waals surface area contributed by atoms with Gasteiger partial charge in [0, 0.05) is 11.3 Å². The van der Waals surface area contributed by atoms with Crippen molar-refractivity contribution in [2.45, 2.75) is 18.8 Å². The Morgan fingerprint density at radius 1 is 1.46 bits per heavy atom. The van der Waals surface area contributed by atoms with Crippen LogP contribution in [0.3, 0.4) is 0 Å². The van der Waals surface area contributed by atoms with E-state index in [1.807, 2.05) is 5.38 Å². The minimum Gasteiger partial charge on any atom is -0.440 e. The molecule has 3 nitrogen and oxygen atoms in total. The second-order valence-corrected chi connectivity index (χ2v) is 4.06. The zero-order chi connectivity index (χ0) is 8.67. The second-order valence-electron chi connectivity index (χ2n) is 3.17. The monoisotopic (exact) mass is 191 g/mol. The molecule has 0 saturated heterocycles. The zero-order valence-corrected chi connectivity index (χ0v) is 7.67. The smallest absolute Gasteiger partial charge is 0.284 e. The molecule has 0 bridgehead atoms. The van der Waals surface area contributed by atoms with E-state index in [1.54, 1.807) is 17.6 Å². The van der Waals surface area contributed by atoms with Crippen molar-refractivity contribution in [3.05, 3.63) is 23.0 Å². The molecule has 1 radical (unpaired) electrons. The van der Waals surface area contributed by atoms with Gasteiger partial charge in [0.2, 0.25) is 0 Å². The maximum atomic E-state index is 4.78. The molecule has 1 aliphatic rings. The van der Waals surface area contributed by atoms with Gasteiger partial charge in [-0.05, 0) is 12.8 Å². The largest absolute Gasteiger partial charge is 0.440 e. The molecule has 2 heterocycles. The van der Waals surface area contributed by atoms with Crippen molar-refractivity contribution in [3.63, 3.8) is 0 Å². The highest BCUT2D eigenvalue weighted by atomic mass is 32.1. The normalized spacial score (nSPS) is 16.3. The van der Waals surface area contributed by atoms with Crippen molar-refractivity contribution in [1.29, 1.82) is 0 Å². The lowest BCUT2D eigenvalue weighted by atomic mass is 10.4. The number of nitrogens with zero attached hydrogens (tertiary/aromatic N) is 2. The molecule has 0 N–H and O–H groups in total. The molecule has 2 aromatic rings. The zero-order valence-electron chi connectivity index (χ0n) is 6.86. The summed E-state index contributed by atoms with van der Waals surface area (Å²) in [5.41, 5.74) is 1.69. The predicted molar refractivity (Wildman–Crippen MR) is 48.4 cm³/mol. The van der Waals surface area contributed by atoms with Crippen LogP contribution in [-0.2, 0) is 0 Å². The van der Waals surface area contributed by atoms with Gasteiger partial charge in [0.1, 0.15) is 17.7 Å². The van der Waals surface area contributed by atoms with Crippen LogP contribution in [0.1, 0.15) is 23.8 Å². The summed E-state index contributed by atoms with van der Waals surface area (Å²) >= 11 is 1.71. The van der Waals surface area contributed by atoms with Crippen LogP contribution in [0.15, 0.2) is 16.1 Å². The highest BCUT2D eigenvalue weighted by Gasteiger charge is 2.26. The Labute approximate surface area is 79.5 Å². The van der Waals surface area contributed by atoms with Crippen molar-refractivity contribution in [2.75, 3.05) is 0 Å². The Morgan fingerprint density at radius 2 is 2.38 bits per heavy atom. The molecule has 13 heavy (non-hydrogen) atoms. The highest BCUT2D eigenvalue weighted by Crippen LogP contribution is 2.42. The van der Waals surface area contributed by atoms with Gasteiger partial charge in [-0.25, -0.2) is 9.97 Å². The fourth-order valence-corrected chi connectivity index (χ4v) is 2.21. The molecular formula is C9H7N2OS. The van der Waals surface area contributed by atoms with E-state index in [0.29, 0.717) is 0 Å². The van der Waals surface area contributed by atoms with Crippen molar-refractivity contribution < 1.29 is 4.42 Å². The van der Waals surface area contributed by atoms with Gasteiger partial charge < -0.3 is 4.42 Å². The number of thiazole rings is 1. The van der Waals surface area contributed by atoms with Gasteiger partial charge in [-0.3, -0.25) is 0 Å². The van der Waals surface area contributed by atoms with Crippen molar-refractivity contribution in [2.24, 2.45) is 0 Å². The summed E-state index contributed by atoms with van der Waals surface area (Å²) < 4.78 is 4.78. The fourth-order valence-electron chi connectivity index (χ4n) is 1.22. The van der Waals surface area contributed by atoms with Crippen LogP contribution in [0, 0.1) is 6.39 Å². The molecule has 1 aliphatic carbocycles. The van der Waals surface area contributed by atoms with Gasteiger partial charge in [-0.2, -0.15) is 0 Å². The summed E-state index contributed by atoms with van der Waals surface area (Å²) in [6.07, 6.45) is 6.58. The number of hydrogen-bond donors (Lipinski definition) is 0. The highest BCUT2D eigenvalue weighted by molar-refractivity contribution is 7.10. The van der Waals surface area contributed by atoms with Crippen LogP contribution in [-0.4, -0.2) is 9.97 Å². The third-order valence-corrected chi connectivity index (χ3v) is 3.11. The lowest BCUT2D eigenvalue weighted by Crippen LogP contribution is -1.79. The van der Waals surface area contributed by atoms with Crippen LogP contribution in [0.2, 0.25) is 0 Å². The quantitative estimate of drug-likeness (QED) is 0.732. The summed E-state index contributed by atoms with van der Waals surface area (Å²) in [5, 5.41) is 3.26. The minimum atomic E-state index is 0.717. The van der Waals surface area contributed by atoms with Crippen LogP contribution in [0.5, 0.6) is 0 Å².